The molecule has 2 rings (SSSR count). The van der Waals surface area contributed by atoms with Crippen LogP contribution in [0.3, 0.4) is 0 Å². The molecular formula is C23H35BNO3PS. The van der Waals surface area contributed by atoms with E-state index >= 15 is 0 Å². The summed E-state index contributed by atoms with van der Waals surface area (Å²) < 4.78 is 14.5. The lowest BCUT2D eigenvalue weighted by molar-refractivity contribution is 0.0840. The van der Waals surface area contributed by atoms with Crippen molar-refractivity contribution in [2.24, 2.45) is 0 Å². The van der Waals surface area contributed by atoms with Crippen molar-refractivity contribution in [3.63, 3.8) is 0 Å². The molecule has 4 nitrogen and oxygen atoms in total. The van der Waals surface area contributed by atoms with Gasteiger partial charge < -0.3 is 14.5 Å². The molecule has 2 aromatic rings. The Bertz CT molecular complexity index is 805. The standard InChI is InChI=1S/C23H35BNO3PS/c1-7-25(8-2)30-20-12-9-18(10-13-20)27-19-11-14-21(17(15-19)16-26)24-28-22(3,4)23(5,6)29/h9-15,24,26H,7-8,16,29H2,1-6H3. The van der Waals surface area contributed by atoms with Crippen LogP contribution in [0.15, 0.2) is 47.4 Å². The van der Waals surface area contributed by atoms with Crippen LogP contribution in [-0.4, -0.2) is 40.7 Å². The van der Waals surface area contributed by atoms with Crippen molar-refractivity contribution in [3.8, 4) is 11.5 Å². The molecule has 0 heterocycles. The number of ether oxygens (including phenoxy) is 1. The summed E-state index contributed by atoms with van der Waals surface area (Å²) in [5.74, 6) is 1.48. The zero-order chi connectivity index (χ0) is 22.4. The second-order valence-electron chi connectivity index (χ2n) is 8.39. The third kappa shape index (κ3) is 7.00. The predicted molar refractivity (Wildman–Crippen MR) is 133 cm³/mol. The Balaban J connectivity index is 2.06. The van der Waals surface area contributed by atoms with Crippen LogP contribution >= 0.6 is 21.2 Å². The van der Waals surface area contributed by atoms with Crippen molar-refractivity contribution < 1.29 is 14.5 Å². The summed E-state index contributed by atoms with van der Waals surface area (Å²) in [6.07, 6.45) is 0. The maximum absolute atomic E-state index is 9.84. The highest BCUT2D eigenvalue weighted by atomic mass is 32.2. The average Bonchev–Trinajstić information content (AvgIpc) is 2.71. The van der Waals surface area contributed by atoms with E-state index in [1.54, 1.807) is 11.9 Å². The second-order valence-corrected chi connectivity index (χ2v) is 11.0. The number of benzene rings is 2. The fourth-order valence-electron chi connectivity index (χ4n) is 2.60. The lowest BCUT2D eigenvalue weighted by atomic mass is 9.81. The summed E-state index contributed by atoms with van der Waals surface area (Å²) in [6.45, 7) is 14.7. The fraction of sp³-hybridized carbons (Fsp3) is 0.478. The van der Waals surface area contributed by atoms with E-state index < -0.39 is 0 Å². The first-order valence-corrected chi connectivity index (χ1v) is 11.8. The van der Waals surface area contributed by atoms with Crippen LogP contribution in [0.25, 0.3) is 0 Å². The molecule has 0 aliphatic carbocycles. The number of rotatable bonds is 11. The van der Waals surface area contributed by atoms with Crippen LogP contribution in [0.4, 0.5) is 0 Å². The lowest BCUT2D eigenvalue weighted by Gasteiger charge is -2.39. The first-order valence-electron chi connectivity index (χ1n) is 10.5. The summed E-state index contributed by atoms with van der Waals surface area (Å²) in [6, 6.07) is 13.9. The predicted octanol–water partition coefficient (Wildman–Crippen LogP) is 4.75. The van der Waals surface area contributed by atoms with E-state index in [0.29, 0.717) is 13.2 Å². The van der Waals surface area contributed by atoms with E-state index in [1.165, 1.54) is 4.90 Å². The maximum Gasteiger partial charge on any atom is 0.309 e. The third-order valence-corrected chi connectivity index (χ3v) is 7.44. The Kier molecular flexibility index (Phi) is 9.26. The molecule has 2 aromatic carbocycles. The third-order valence-electron chi connectivity index (χ3n) is 5.49. The molecule has 0 aliphatic rings. The topological polar surface area (TPSA) is 41.9 Å². The summed E-state index contributed by atoms with van der Waals surface area (Å²) >= 11 is 1.75. The van der Waals surface area contributed by atoms with Crippen molar-refractivity contribution >= 4 is 34.1 Å². The van der Waals surface area contributed by atoms with E-state index in [9.17, 15) is 5.11 Å². The van der Waals surface area contributed by atoms with Gasteiger partial charge in [0.2, 0.25) is 0 Å². The molecule has 30 heavy (non-hydrogen) atoms. The largest absolute Gasteiger partial charge is 0.457 e. The Morgan fingerprint density at radius 3 is 2.13 bits per heavy atom. The van der Waals surface area contributed by atoms with E-state index in [-0.39, 0.29) is 17.4 Å². The van der Waals surface area contributed by atoms with Crippen molar-refractivity contribution in [2.45, 2.75) is 63.8 Å². The van der Waals surface area contributed by atoms with Crippen molar-refractivity contribution in [1.29, 1.82) is 0 Å². The molecule has 0 fully saturated rings. The summed E-state index contributed by atoms with van der Waals surface area (Å²) in [4.78, 5) is 1.19. The first kappa shape index (κ1) is 25.2. The van der Waals surface area contributed by atoms with Gasteiger partial charge in [0.15, 0.2) is 0 Å². The summed E-state index contributed by atoms with van der Waals surface area (Å²) in [7, 11) is 3.29. The van der Waals surface area contributed by atoms with Gasteiger partial charge in [-0.25, -0.2) is 4.31 Å². The molecule has 0 bridgehead atoms. The van der Waals surface area contributed by atoms with E-state index in [4.69, 9.17) is 9.39 Å². The van der Waals surface area contributed by atoms with Gasteiger partial charge in [0.1, 0.15) is 11.5 Å². The van der Waals surface area contributed by atoms with E-state index in [1.807, 2.05) is 30.3 Å². The van der Waals surface area contributed by atoms with Crippen LogP contribution < -0.4 is 10.2 Å². The van der Waals surface area contributed by atoms with Crippen molar-refractivity contribution in [1.82, 2.24) is 4.31 Å². The quantitative estimate of drug-likeness (QED) is 0.306. The highest BCUT2D eigenvalue weighted by Crippen LogP contribution is 2.33. The number of hydrogen-bond donors (Lipinski definition) is 1. The van der Waals surface area contributed by atoms with Gasteiger partial charge in [-0.3, -0.25) is 0 Å². The molecule has 0 spiro atoms. The monoisotopic (exact) mass is 447 g/mol. The van der Waals surface area contributed by atoms with Crippen LogP contribution in [0, 0.1) is 0 Å². The Labute approximate surface area is 189 Å². The minimum absolute atomic E-state index is 0.0555. The van der Waals surface area contributed by atoms with Gasteiger partial charge in [0.05, 0.1) is 12.2 Å². The minimum atomic E-state index is -0.315. The molecule has 1 atom stereocenters. The normalized spacial score (nSPS) is 12.3. The van der Waals surface area contributed by atoms with Gasteiger partial charge in [-0.1, -0.05) is 33.8 Å². The van der Waals surface area contributed by atoms with Gasteiger partial charge in [-0.15, -0.1) is 9.24 Å². The molecule has 0 aliphatic heterocycles. The fourth-order valence-corrected chi connectivity index (χ4v) is 3.50. The molecule has 0 amide bonds. The van der Waals surface area contributed by atoms with Gasteiger partial charge in [0.25, 0.3) is 0 Å². The highest BCUT2D eigenvalue weighted by Gasteiger charge is 2.33. The maximum atomic E-state index is 9.84. The summed E-state index contributed by atoms with van der Waals surface area (Å²) in [5, 5.41) is 9.78. The molecule has 7 heteroatoms. The number of aliphatic hydroxyl groups is 1. The molecule has 0 radical (unpaired) electrons. The SMILES string of the molecule is CCN(CC)Sc1ccc(Oc2ccc(BOC(C)(C)C(C)(C)P)c(CO)c2)cc1. The molecule has 164 valence electrons. The van der Waals surface area contributed by atoms with Crippen molar-refractivity contribution in [2.75, 3.05) is 13.1 Å². The molecule has 0 aromatic heterocycles. The van der Waals surface area contributed by atoms with Gasteiger partial charge in [-0.2, -0.15) is 0 Å². The average molecular weight is 447 g/mol. The van der Waals surface area contributed by atoms with Gasteiger partial charge in [0, 0.05) is 23.1 Å². The van der Waals surface area contributed by atoms with Crippen LogP contribution in [0.2, 0.25) is 0 Å². The number of nitrogens with zero attached hydrogens (tertiary/aromatic N) is 1. The number of aliphatic hydroxyl groups excluding tert-OH is 1. The van der Waals surface area contributed by atoms with Gasteiger partial charge in [-0.05, 0) is 73.2 Å². The van der Waals surface area contributed by atoms with Crippen molar-refractivity contribution in [3.05, 3.63) is 48.0 Å². The van der Waals surface area contributed by atoms with Crippen LogP contribution in [0.5, 0.6) is 11.5 Å². The Morgan fingerprint density at radius 2 is 1.60 bits per heavy atom. The smallest absolute Gasteiger partial charge is 0.309 e. The Morgan fingerprint density at radius 1 is 1.00 bits per heavy atom. The molecule has 0 saturated carbocycles. The van der Waals surface area contributed by atoms with Crippen LogP contribution in [0.1, 0.15) is 47.1 Å². The van der Waals surface area contributed by atoms with Crippen LogP contribution in [-0.2, 0) is 11.3 Å². The second kappa shape index (κ2) is 11.0. The molecular weight excluding hydrogens is 412 g/mol. The first-order chi connectivity index (χ1) is 14.1. The minimum Gasteiger partial charge on any atom is -0.457 e. The Hall–Kier alpha value is -1.04. The van der Waals surface area contributed by atoms with Gasteiger partial charge >= 0.3 is 7.48 Å². The molecule has 1 unspecified atom stereocenters. The molecule has 0 saturated heterocycles. The van der Waals surface area contributed by atoms with E-state index in [2.05, 4.69) is 67.2 Å². The van der Waals surface area contributed by atoms with E-state index in [0.717, 1.165) is 29.9 Å². The highest BCUT2D eigenvalue weighted by molar-refractivity contribution is 7.97. The lowest BCUT2D eigenvalue weighted by Crippen LogP contribution is -2.45. The summed E-state index contributed by atoms with van der Waals surface area (Å²) in [5.41, 5.74) is 1.47. The number of hydrogen-bond acceptors (Lipinski definition) is 5. The zero-order valence-electron chi connectivity index (χ0n) is 19.1. The zero-order valence-corrected chi connectivity index (χ0v) is 21.0. The molecule has 1 N–H and O–H groups in total.